The van der Waals surface area contributed by atoms with E-state index in [1.807, 2.05) is 54.6 Å². The minimum Gasteiger partial charge on any atom is -0.347 e. The first kappa shape index (κ1) is 16.2. The fourth-order valence-corrected chi connectivity index (χ4v) is 2.62. The lowest BCUT2D eigenvalue weighted by atomic mass is 9.99. The van der Waals surface area contributed by atoms with Crippen LogP contribution in [0, 0.1) is 0 Å². The molecule has 0 spiro atoms. The molecule has 2 aromatic carbocycles. The van der Waals surface area contributed by atoms with E-state index in [9.17, 15) is 4.79 Å². The van der Waals surface area contributed by atoms with Crippen molar-refractivity contribution >= 4 is 17.5 Å². The van der Waals surface area contributed by atoms with Gasteiger partial charge < -0.3 is 5.32 Å². The van der Waals surface area contributed by atoms with Gasteiger partial charge in [0, 0.05) is 5.02 Å². The van der Waals surface area contributed by atoms with E-state index in [0.29, 0.717) is 11.4 Å². The molecular formula is C18H17ClN4O. The Labute approximate surface area is 145 Å². The van der Waals surface area contributed by atoms with E-state index in [0.717, 1.165) is 11.1 Å². The molecular weight excluding hydrogens is 324 g/mol. The van der Waals surface area contributed by atoms with Gasteiger partial charge in [0.1, 0.15) is 19.2 Å². The molecule has 1 N–H and O–H groups in total. The average molecular weight is 341 g/mol. The van der Waals surface area contributed by atoms with Crippen molar-refractivity contribution in [2.75, 3.05) is 0 Å². The molecule has 0 saturated heterocycles. The number of rotatable bonds is 6. The summed E-state index contributed by atoms with van der Waals surface area (Å²) in [6.45, 7) is 0.143. The number of benzene rings is 2. The van der Waals surface area contributed by atoms with Crippen LogP contribution < -0.4 is 5.32 Å². The summed E-state index contributed by atoms with van der Waals surface area (Å²) < 4.78 is 1.50. The molecule has 24 heavy (non-hydrogen) atoms. The van der Waals surface area contributed by atoms with E-state index in [4.69, 9.17) is 11.6 Å². The van der Waals surface area contributed by atoms with Gasteiger partial charge in [0.15, 0.2) is 0 Å². The Morgan fingerprint density at radius 2 is 1.88 bits per heavy atom. The Morgan fingerprint density at radius 3 is 2.54 bits per heavy atom. The molecule has 5 nitrogen and oxygen atoms in total. The molecule has 122 valence electrons. The lowest BCUT2D eigenvalue weighted by molar-refractivity contribution is -0.122. The maximum atomic E-state index is 12.3. The number of carbonyl (C=O) groups is 1. The van der Waals surface area contributed by atoms with Crippen molar-refractivity contribution in [1.82, 2.24) is 20.1 Å². The molecule has 0 aliphatic rings. The third-order valence-corrected chi connectivity index (χ3v) is 3.91. The molecule has 1 atom stereocenters. The van der Waals surface area contributed by atoms with Crippen LogP contribution in [-0.2, 0) is 17.8 Å². The van der Waals surface area contributed by atoms with E-state index < -0.39 is 0 Å². The van der Waals surface area contributed by atoms with Gasteiger partial charge in [-0.3, -0.25) is 4.79 Å². The van der Waals surface area contributed by atoms with Gasteiger partial charge in [0.05, 0.1) is 6.04 Å². The topological polar surface area (TPSA) is 59.8 Å². The zero-order chi connectivity index (χ0) is 16.8. The first-order chi connectivity index (χ1) is 11.7. The molecule has 0 unspecified atom stereocenters. The molecule has 0 aliphatic heterocycles. The quantitative estimate of drug-likeness (QED) is 0.750. The highest BCUT2D eigenvalue weighted by Gasteiger charge is 2.15. The van der Waals surface area contributed by atoms with Crippen LogP contribution in [0.2, 0.25) is 5.02 Å². The van der Waals surface area contributed by atoms with Crippen LogP contribution in [-0.4, -0.2) is 20.7 Å². The summed E-state index contributed by atoms with van der Waals surface area (Å²) in [5.74, 6) is -0.108. The van der Waals surface area contributed by atoms with Crippen molar-refractivity contribution in [1.29, 1.82) is 0 Å². The molecule has 0 saturated carbocycles. The molecule has 3 aromatic rings. The zero-order valence-electron chi connectivity index (χ0n) is 13.0. The SMILES string of the molecule is O=C(Cn1cncn1)N[C@H](Cc1ccc(Cl)cc1)c1ccccc1. The minimum absolute atomic E-state index is 0.108. The third kappa shape index (κ3) is 4.43. The van der Waals surface area contributed by atoms with E-state index in [1.165, 1.54) is 17.3 Å². The summed E-state index contributed by atoms with van der Waals surface area (Å²) in [4.78, 5) is 16.2. The van der Waals surface area contributed by atoms with Gasteiger partial charge in [0.2, 0.25) is 5.91 Å². The Kier molecular flexibility index (Phi) is 5.23. The third-order valence-electron chi connectivity index (χ3n) is 3.66. The zero-order valence-corrected chi connectivity index (χ0v) is 13.7. The summed E-state index contributed by atoms with van der Waals surface area (Å²) in [6.07, 6.45) is 3.62. The summed E-state index contributed by atoms with van der Waals surface area (Å²) in [7, 11) is 0. The van der Waals surface area contributed by atoms with Crippen LogP contribution in [0.4, 0.5) is 0 Å². The summed E-state index contributed by atoms with van der Waals surface area (Å²) in [5.41, 5.74) is 2.16. The predicted molar refractivity (Wildman–Crippen MR) is 92.5 cm³/mol. The number of halogens is 1. The molecule has 1 amide bonds. The fraction of sp³-hybridized carbons (Fsp3) is 0.167. The molecule has 0 fully saturated rings. The van der Waals surface area contributed by atoms with Crippen LogP contribution in [0.5, 0.6) is 0 Å². The maximum absolute atomic E-state index is 12.3. The number of nitrogens with one attached hydrogen (secondary N) is 1. The predicted octanol–water partition coefficient (Wildman–Crippen LogP) is 3.03. The molecule has 6 heteroatoms. The number of aromatic nitrogens is 3. The van der Waals surface area contributed by atoms with Crippen molar-refractivity contribution in [3.8, 4) is 0 Å². The second kappa shape index (κ2) is 7.75. The average Bonchev–Trinajstić information content (AvgIpc) is 3.10. The van der Waals surface area contributed by atoms with Crippen LogP contribution in [0.25, 0.3) is 0 Å². The van der Waals surface area contributed by atoms with Crippen molar-refractivity contribution in [2.45, 2.75) is 19.0 Å². The lowest BCUT2D eigenvalue weighted by Gasteiger charge is -2.19. The number of amides is 1. The van der Waals surface area contributed by atoms with Gasteiger partial charge in [-0.25, -0.2) is 9.67 Å². The molecule has 0 aliphatic carbocycles. The largest absolute Gasteiger partial charge is 0.347 e. The fourth-order valence-electron chi connectivity index (χ4n) is 2.50. The highest BCUT2D eigenvalue weighted by atomic mass is 35.5. The summed E-state index contributed by atoms with van der Waals surface area (Å²) >= 11 is 5.94. The normalized spacial score (nSPS) is 11.9. The summed E-state index contributed by atoms with van der Waals surface area (Å²) in [6, 6.07) is 17.5. The van der Waals surface area contributed by atoms with Crippen LogP contribution in [0.1, 0.15) is 17.2 Å². The van der Waals surface area contributed by atoms with E-state index >= 15 is 0 Å². The first-order valence-corrected chi connectivity index (χ1v) is 7.99. The van der Waals surface area contributed by atoms with Crippen LogP contribution in [0.15, 0.2) is 67.3 Å². The second-order valence-electron chi connectivity index (χ2n) is 5.45. The molecule has 0 radical (unpaired) electrons. The smallest absolute Gasteiger partial charge is 0.242 e. The van der Waals surface area contributed by atoms with Crippen molar-refractivity contribution in [3.05, 3.63) is 83.4 Å². The number of hydrogen-bond donors (Lipinski definition) is 1. The van der Waals surface area contributed by atoms with Crippen molar-refractivity contribution in [2.24, 2.45) is 0 Å². The van der Waals surface area contributed by atoms with Crippen molar-refractivity contribution in [3.63, 3.8) is 0 Å². The Bertz CT molecular complexity index is 773. The number of hydrogen-bond acceptors (Lipinski definition) is 3. The second-order valence-corrected chi connectivity index (χ2v) is 5.89. The molecule has 1 aromatic heterocycles. The highest BCUT2D eigenvalue weighted by Crippen LogP contribution is 2.20. The van der Waals surface area contributed by atoms with E-state index in [1.54, 1.807) is 0 Å². The van der Waals surface area contributed by atoms with Gasteiger partial charge in [-0.2, -0.15) is 5.10 Å². The molecule has 1 heterocycles. The van der Waals surface area contributed by atoms with E-state index in [-0.39, 0.29) is 18.5 Å². The van der Waals surface area contributed by atoms with Crippen LogP contribution in [0.3, 0.4) is 0 Å². The Balaban J connectivity index is 1.74. The first-order valence-electron chi connectivity index (χ1n) is 7.62. The maximum Gasteiger partial charge on any atom is 0.242 e. The van der Waals surface area contributed by atoms with Crippen LogP contribution >= 0.6 is 11.6 Å². The van der Waals surface area contributed by atoms with Gasteiger partial charge >= 0.3 is 0 Å². The molecule has 3 rings (SSSR count). The Morgan fingerprint density at radius 1 is 1.12 bits per heavy atom. The molecule has 0 bridgehead atoms. The number of carbonyl (C=O) groups excluding carboxylic acids is 1. The highest BCUT2D eigenvalue weighted by molar-refractivity contribution is 6.30. The lowest BCUT2D eigenvalue weighted by Crippen LogP contribution is -2.32. The van der Waals surface area contributed by atoms with Crippen molar-refractivity contribution < 1.29 is 4.79 Å². The number of nitrogens with zero attached hydrogens (tertiary/aromatic N) is 3. The summed E-state index contributed by atoms with van der Waals surface area (Å²) in [5, 5.41) is 7.73. The monoisotopic (exact) mass is 340 g/mol. The van der Waals surface area contributed by atoms with Gasteiger partial charge in [-0.1, -0.05) is 54.1 Å². The van der Waals surface area contributed by atoms with Gasteiger partial charge in [0.25, 0.3) is 0 Å². The van der Waals surface area contributed by atoms with E-state index in [2.05, 4.69) is 15.4 Å². The Hall–Kier alpha value is -2.66. The van der Waals surface area contributed by atoms with Gasteiger partial charge in [-0.05, 0) is 29.7 Å². The minimum atomic E-state index is -0.122. The standard InChI is InChI=1S/C18H17ClN4O/c19-16-8-6-14(7-9-16)10-17(15-4-2-1-3-5-15)22-18(24)11-23-13-20-12-21-23/h1-9,12-13,17H,10-11H2,(H,22,24)/t17-/m1/s1. The van der Waals surface area contributed by atoms with Gasteiger partial charge in [-0.15, -0.1) is 0 Å².